The van der Waals surface area contributed by atoms with Gasteiger partial charge in [-0.15, -0.1) is 0 Å². The first-order valence-corrected chi connectivity index (χ1v) is 9.22. The predicted molar refractivity (Wildman–Crippen MR) is 111 cm³/mol. The van der Waals surface area contributed by atoms with Gasteiger partial charge in [0, 0.05) is 23.2 Å². The van der Waals surface area contributed by atoms with E-state index in [1.54, 1.807) is 6.20 Å². The summed E-state index contributed by atoms with van der Waals surface area (Å²) < 4.78 is 0. The Morgan fingerprint density at radius 3 is 2.73 bits per heavy atom. The summed E-state index contributed by atoms with van der Waals surface area (Å²) in [5, 5.41) is 6.12. The van der Waals surface area contributed by atoms with Gasteiger partial charge in [0.15, 0.2) is 0 Å². The van der Waals surface area contributed by atoms with Gasteiger partial charge < -0.3 is 0 Å². The standard InChI is InChI=1S/C21H23ClN4/c1-3-26(4-2)15-17-8-6-5-7-16(17)14-24-25-20-11-12-23-21-13-18(22)9-10-19(20)21/h5-14H,3-4,15H2,1-2H3,(H,23,25)/b24-14+. The molecule has 0 radical (unpaired) electrons. The van der Waals surface area contributed by atoms with Gasteiger partial charge in [0.05, 0.1) is 17.4 Å². The van der Waals surface area contributed by atoms with Gasteiger partial charge in [-0.1, -0.05) is 49.7 Å². The number of hydrogen-bond acceptors (Lipinski definition) is 4. The monoisotopic (exact) mass is 366 g/mol. The van der Waals surface area contributed by atoms with Gasteiger partial charge in [0.1, 0.15) is 0 Å². The van der Waals surface area contributed by atoms with E-state index in [0.717, 1.165) is 41.8 Å². The molecular formula is C21H23ClN4. The second-order valence-electron chi connectivity index (χ2n) is 6.05. The van der Waals surface area contributed by atoms with Crippen molar-refractivity contribution in [3.05, 3.63) is 70.9 Å². The predicted octanol–water partition coefficient (Wildman–Crippen LogP) is 5.18. The van der Waals surface area contributed by atoms with Crippen LogP contribution in [0.5, 0.6) is 0 Å². The second kappa shape index (κ2) is 8.79. The maximum atomic E-state index is 6.04. The van der Waals surface area contributed by atoms with Gasteiger partial charge in [-0.05, 0) is 48.5 Å². The molecule has 134 valence electrons. The number of anilines is 1. The number of nitrogens with one attached hydrogen (secondary N) is 1. The minimum absolute atomic E-state index is 0.677. The Hall–Kier alpha value is -2.43. The number of fused-ring (bicyclic) bond motifs is 1. The third-order valence-electron chi connectivity index (χ3n) is 4.44. The Morgan fingerprint density at radius 2 is 1.92 bits per heavy atom. The minimum Gasteiger partial charge on any atom is -0.300 e. The lowest BCUT2D eigenvalue weighted by molar-refractivity contribution is 0.296. The Balaban J connectivity index is 1.79. The number of nitrogens with zero attached hydrogens (tertiary/aromatic N) is 3. The van der Waals surface area contributed by atoms with Crippen LogP contribution in [0.4, 0.5) is 5.69 Å². The van der Waals surface area contributed by atoms with Crippen LogP contribution in [-0.4, -0.2) is 29.2 Å². The molecule has 1 heterocycles. The first-order valence-electron chi connectivity index (χ1n) is 8.85. The SMILES string of the molecule is CCN(CC)Cc1ccccc1/C=N/Nc1ccnc2cc(Cl)ccc12. The van der Waals surface area contributed by atoms with Crippen LogP contribution >= 0.6 is 11.6 Å². The number of halogens is 1. The van der Waals surface area contributed by atoms with E-state index in [0.29, 0.717) is 5.02 Å². The van der Waals surface area contributed by atoms with E-state index in [9.17, 15) is 0 Å². The topological polar surface area (TPSA) is 40.5 Å². The highest BCUT2D eigenvalue weighted by Gasteiger charge is 2.05. The molecule has 0 aliphatic rings. The molecule has 0 fully saturated rings. The third-order valence-corrected chi connectivity index (χ3v) is 4.67. The molecule has 0 spiro atoms. The maximum Gasteiger partial charge on any atom is 0.0738 e. The van der Waals surface area contributed by atoms with Crippen molar-refractivity contribution in [3.8, 4) is 0 Å². The van der Waals surface area contributed by atoms with Crippen molar-refractivity contribution >= 4 is 34.4 Å². The first-order chi connectivity index (χ1) is 12.7. The lowest BCUT2D eigenvalue weighted by atomic mass is 10.1. The van der Waals surface area contributed by atoms with Gasteiger partial charge in [-0.2, -0.15) is 5.10 Å². The molecule has 0 aliphatic carbocycles. The van der Waals surface area contributed by atoms with Gasteiger partial charge in [-0.3, -0.25) is 15.3 Å². The van der Waals surface area contributed by atoms with Crippen LogP contribution in [0.3, 0.4) is 0 Å². The number of pyridine rings is 1. The smallest absolute Gasteiger partial charge is 0.0738 e. The number of aromatic nitrogens is 1. The van der Waals surface area contributed by atoms with Crippen molar-refractivity contribution < 1.29 is 0 Å². The molecule has 26 heavy (non-hydrogen) atoms. The first kappa shape index (κ1) is 18.4. The van der Waals surface area contributed by atoms with Gasteiger partial charge in [0.25, 0.3) is 0 Å². The molecule has 1 N–H and O–H groups in total. The highest BCUT2D eigenvalue weighted by molar-refractivity contribution is 6.31. The lowest BCUT2D eigenvalue weighted by Gasteiger charge is -2.19. The molecule has 4 nitrogen and oxygen atoms in total. The zero-order valence-electron chi connectivity index (χ0n) is 15.1. The summed E-state index contributed by atoms with van der Waals surface area (Å²) in [5.74, 6) is 0. The molecule has 0 saturated heterocycles. The lowest BCUT2D eigenvalue weighted by Crippen LogP contribution is -2.22. The van der Waals surface area contributed by atoms with E-state index >= 15 is 0 Å². The van der Waals surface area contributed by atoms with Gasteiger partial charge in [0.2, 0.25) is 0 Å². The van der Waals surface area contributed by atoms with Crippen LogP contribution in [0.15, 0.2) is 59.8 Å². The highest BCUT2D eigenvalue weighted by Crippen LogP contribution is 2.24. The largest absolute Gasteiger partial charge is 0.300 e. The summed E-state index contributed by atoms with van der Waals surface area (Å²) in [6.45, 7) is 7.36. The second-order valence-corrected chi connectivity index (χ2v) is 6.49. The normalized spacial score (nSPS) is 11.5. The van der Waals surface area contributed by atoms with Crippen molar-refractivity contribution in [1.29, 1.82) is 0 Å². The highest BCUT2D eigenvalue weighted by atomic mass is 35.5. The van der Waals surface area contributed by atoms with Crippen LogP contribution < -0.4 is 5.43 Å². The fourth-order valence-corrected chi connectivity index (χ4v) is 3.05. The Bertz CT molecular complexity index is 903. The van der Waals surface area contributed by atoms with Gasteiger partial charge >= 0.3 is 0 Å². The number of hydrogen-bond donors (Lipinski definition) is 1. The zero-order valence-corrected chi connectivity index (χ0v) is 15.9. The Morgan fingerprint density at radius 1 is 1.12 bits per heavy atom. The number of hydrazone groups is 1. The zero-order chi connectivity index (χ0) is 18.4. The Labute approximate surface area is 159 Å². The van der Waals surface area contributed by atoms with Crippen LogP contribution in [0.25, 0.3) is 10.9 Å². The van der Waals surface area contributed by atoms with Gasteiger partial charge in [-0.25, -0.2) is 0 Å². The molecular weight excluding hydrogens is 344 g/mol. The average Bonchev–Trinajstić information content (AvgIpc) is 2.67. The van der Waals surface area contributed by atoms with Crippen molar-refractivity contribution in [2.75, 3.05) is 18.5 Å². The van der Waals surface area contributed by atoms with Crippen LogP contribution in [0.1, 0.15) is 25.0 Å². The van der Waals surface area contributed by atoms with Crippen LogP contribution in [0.2, 0.25) is 5.02 Å². The molecule has 0 saturated carbocycles. The Kier molecular flexibility index (Phi) is 6.21. The molecule has 0 atom stereocenters. The van der Waals surface area contributed by atoms with E-state index in [1.807, 2.05) is 36.5 Å². The minimum atomic E-state index is 0.677. The maximum absolute atomic E-state index is 6.04. The molecule has 1 aromatic heterocycles. The molecule has 3 aromatic rings. The van der Waals surface area contributed by atoms with Crippen molar-refractivity contribution in [2.45, 2.75) is 20.4 Å². The fourth-order valence-electron chi connectivity index (χ4n) is 2.88. The van der Waals surface area contributed by atoms with Crippen molar-refractivity contribution in [3.63, 3.8) is 0 Å². The third kappa shape index (κ3) is 4.40. The summed E-state index contributed by atoms with van der Waals surface area (Å²) in [4.78, 5) is 6.74. The quantitative estimate of drug-likeness (QED) is 0.463. The van der Waals surface area contributed by atoms with E-state index in [-0.39, 0.29) is 0 Å². The van der Waals surface area contributed by atoms with E-state index in [4.69, 9.17) is 11.6 Å². The summed E-state index contributed by atoms with van der Waals surface area (Å²) in [6, 6.07) is 15.9. The fraction of sp³-hybridized carbons (Fsp3) is 0.238. The van der Waals surface area contributed by atoms with Crippen molar-refractivity contribution in [2.24, 2.45) is 5.10 Å². The molecule has 0 amide bonds. The summed E-state index contributed by atoms with van der Waals surface area (Å²) in [6.07, 6.45) is 3.63. The molecule has 5 heteroatoms. The summed E-state index contributed by atoms with van der Waals surface area (Å²) in [7, 11) is 0. The van der Waals surface area contributed by atoms with Crippen LogP contribution in [0, 0.1) is 0 Å². The number of benzene rings is 2. The van der Waals surface area contributed by atoms with E-state index in [1.165, 1.54) is 5.56 Å². The van der Waals surface area contributed by atoms with Crippen molar-refractivity contribution in [1.82, 2.24) is 9.88 Å². The number of rotatable bonds is 7. The molecule has 2 aromatic carbocycles. The van der Waals surface area contributed by atoms with E-state index in [2.05, 4.69) is 52.5 Å². The molecule has 0 unspecified atom stereocenters. The average molecular weight is 367 g/mol. The summed E-state index contributed by atoms with van der Waals surface area (Å²) >= 11 is 6.04. The molecule has 0 aliphatic heterocycles. The molecule has 0 bridgehead atoms. The van der Waals surface area contributed by atoms with E-state index < -0.39 is 0 Å². The van der Waals surface area contributed by atoms with Crippen LogP contribution in [-0.2, 0) is 6.54 Å². The summed E-state index contributed by atoms with van der Waals surface area (Å²) in [5.41, 5.74) is 7.28. The molecule has 3 rings (SSSR count).